The lowest BCUT2D eigenvalue weighted by Gasteiger charge is -1.85. The Hall–Kier alpha value is -0.830. The summed E-state index contributed by atoms with van der Waals surface area (Å²) in [6.07, 6.45) is 2.48. The van der Waals surface area contributed by atoms with Crippen molar-refractivity contribution < 1.29 is 14.6 Å². The van der Waals surface area contributed by atoms with Crippen LogP contribution in [0.5, 0.6) is 0 Å². The molecule has 0 radical (unpaired) electrons. The molecule has 0 rings (SSSR count). The van der Waals surface area contributed by atoms with Gasteiger partial charge in [-0.3, -0.25) is 0 Å². The maximum atomic E-state index is 10.2. The molecule has 0 amide bonds. The summed E-state index contributed by atoms with van der Waals surface area (Å²) in [5, 5.41) is 8.12. The van der Waals surface area contributed by atoms with Crippen LogP contribution in [-0.4, -0.2) is 24.8 Å². The van der Waals surface area contributed by atoms with Crippen LogP contribution in [0, 0.1) is 0 Å². The standard InChI is InChI=1S/C5H8O3/c1-8-5(7)3-2-4-6/h2-3,6H,4H2,1H3. The maximum absolute atomic E-state index is 10.2. The van der Waals surface area contributed by atoms with Crippen molar-refractivity contribution in [3.63, 3.8) is 0 Å². The van der Waals surface area contributed by atoms with Gasteiger partial charge < -0.3 is 9.84 Å². The molecular formula is C5H8O3. The van der Waals surface area contributed by atoms with Crippen molar-refractivity contribution in [2.45, 2.75) is 0 Å². The molecule has 0 aliphatic heterocycles. The van der Waals surface area contributed by atoms with Gasteiger partial charge in [-0.1, -0.05) is 6.08 Å². The van der Waals surface area contributed by atoms with Crippen molar-refractivity contribution in [3.05, 3.63) is 12.2 Å². The molecule has 0 saturated heterocycles. The molecule has 0 aromatic rings. The topological polar surface area (TPSA) is 46.5 Å². The minimum atomic E-state index is -0.445. The largest absolute Gasteiger partial charge is 0.466 e. The fraction of sp³-hybridized carbons (Fsp3) is 0.400. The molecule has 0 aliphatic carbocycles. The van der Waals surface area contributed by atoms with Crippen LogP contribution in [0.15, 0.2) is 12.2 Å². The first-order valence-electron chi connectivity index (χ1n) is 2.16. The van der Waals surface area contributed by atoms with Gasteiger partial charge in [-0.05, 0) is 0 Å². The van der Waals surface area contributed by atoms with Gasteiger partial charge >= 0.3 is 5.97 Å². The SMILES string of the molecule is COC(=O)C=CCO. The number of carbonyl (C=O) groups is 1. The summed E-state index contributed by atoms with van der Waals surface area (Å²) in [6.45, 7) is -0.130. The molecule has 0 saturated carbocycles. The number of hydrogen-bond donors (Lipinski definition) is 1. The van der Waals surface area contributed by atoms with Crippen molar-refractivity contribution in [1.29, 1.82) is 0 Å². The Kier molecular flexibility index (Phi) is 3.88. The molecule has 8 heavy (non-hydrogen) atoms. The number of aliphatic hydroxyl groups excluding tert-OH is 1. The van der Waals surface area contributed by atoms with Gasteiger partial charge in [0, 0.05) is 6.08 Å². The lowest BCUT2D eigenvalue weighted by Crippen LogP contribution is -1.93. The lowest BCUT2D eigenvalue weighted by atomic mass is 10.5. The van der Waals surface area contributed by atoms with E-state index < -0.39 is 5.97 Å². The maximum Gasteiger partial charge on any atom is 0.330 e. The molecular weight excluding hydrogens is 108 g/mol. The van der Waals surface area contributed by atoms with Gasteiger partial charge in [0.05, 0.1) is 13.7 Å². The molecule has 0 atom stereocenters. The summed E-state index contributed by atoms with van der Waals surface area (Å²) in [4.78, 5) is 10.2. The van der Waals surface area contributed by atoms with Crippen molar-refractivity contribution in [2.75, 3.05) is 13.7 Å². The molecule has 0 aromatic carbocycles. The Balaban J connectivity index is 3.37. The van der Waals surface area contributed by atoms with Crippen LogP contribution >= 0.6 is 0 Å². The van der Waals surface area contributed by atoms with E-state index in [4.69, 9.17) is 5.11 Å². The third-order valence-corrected chi connectivity index (χ3v) is 0.561. The van der Waals surface area contributed by atoms with E-state index in [2.05, 4.69) is 4.74 Å². The number of aliphatic hydroxyl groups is 1. The first kappa shape index (κ1) is 7.17. The first-order valence-corrected chi connectivity index (χ1v) is 2.16. The van der Waals surface area contributed by atoms with Crippen LogP contribution in [0.4, 0.5) is 0 Å². The summed E-state index contributed by atoms with van der Waals surface area (Å²) in [7, 11) is 1.28. The van der Waals surface area contributed by atoms with E-state index in [-0.39, 0.29) is 6.61 Å². The van der Waals surface area contributed by atoms with Gasteiger partial charge in [-0.15, -0.1) is 0 Å². The number of rotatable bonds is 2. The fourth-order valence-electron chi connectivity index (χ4n) is 0.217. The second-order valence-corrected chi connectivity index (χ2v) is 1.11. The van der Waals surface area contributed by atoms with Crippen LogP contribution in [0.1, 0.15) is 0 Å². The highest BCUT2D eigenvalue weighted by Crippen LogP contribution is 1.74. The van der Waals surface area contributed by atoms with Gasteiger partial charge in [0.25, 0.3) is 0 Å². The van der Waals surface area contributed by atoms with Gasteiger partial charge in [0.15, 0.2) is 0 Å². The summed E-state index contributed by atoms with van der Waals surface area (Å²) in [6, 6.07) is 0. The van der Waals surface area contributed by atoms with E-state index in [0.717, 1.165) is 0 Å². The third kappa shape index (κ3) is 3.36. The fourth-order valence-corrected chi connectivity index (χ4v) is 0.217. The Labute approximate surface area is 47.6 Å². The minimum absolute atomic E-state index is 0.130. The molecule has 0 fully saturated rings. The summed E-state index contributed by atoms with van der Waals surface area (Å²) < 4.78 is 4.22. The van der Waals surface area contributed by atoms with Crippen molar-refractivity contribution in [3.8, 4) is 0 Å². The number of methoxy groups -OCH3 is 1. The summed E-state index contributed by atoms with van der Waals surface area (Å²) >= 11 is 0. The zero-order valence-electron chi connectivity index (χ0n) is 4.63. The summed E-state index contributed by atoms with van der Waals surface area (Å²) in [5.74, 6) is -0.445. The van der Waals surface area contributed by atoms with Gasteiger partial charge in [0.2, 0.25) is 0 Å². The average Bonchev–Trinajstić information content (AvgIpc) is 1.83. The molecule has 0 unspecified atom stereocenters. The quantitative estimate of drug-likeness (QED) is 0.398. The highest BCUT2D eigenvalue weighted by atomic mass is 16.5. The Morgan fingerprint density at radius 3 is 2.88 bits per heavy atom. The molecule has 0 aliphatic rings. The number of esters is 1. The molecule has 3 nitrogen and oxygen atoms in total. The van der Waals surface area contributed by atoms with E-state index in [1.54, 1.807) is 0 Å². The smallest absolute Gasteiger partial charge is 0.330 e. The van der Waals surface area contributed by atoms with E-state index >= 15 is 0 Å². The molecule has 3 heteroatoms. The van der Waals surface area contributed by atoms with Crippen molar-refractivity contribution in [1.82, 2.24) is 0 Å². The molecule has 46 valence electrons. The first-order chi connectivity index (χ1) is 3.81. The van der Waals surface area contributed by atoms with Crippen LogP contribution in [0.3, 0.4) is 0 Å². The van der Waals surface area contributed by atoms with E-state index in [0.29, 0.717) is 0 Å². The number of carbonyl (C=O) groups excluding carboxylic acids is 1. The van der Waals surface area contributed by atoms with E-state index in [1.165, 1.54) is 19.3 Å². The minimum Gasteiger partial charge on any atom is -0.466 e. The second kappa shape index (κ2) is 4.33. The number of hydrogen-bond acceptors (Lipinski definition) is 3. The lowest BCUT2D eigenvalue weighted by molar-refractivity contribution is -0.134. The van der Waals surface area contributed by atoms with Crippen LogP contribution in [-0.2, 0) is 9.53 Å². The van der Waals surface area contributed by atoms with Crippen LogP contribution in [0.25, 0.3) is 0 Å². The van der Waals surface area contributed by atoms with Gasteiger partial charge in [0.1, 0.15) is 0 Å². The Morgan fingerprint density at radius 2 is 2.50 bits per heavy atom. The second-order valence-electron chi connectivity index (χ2n) is 1.11. The van der Waals surface area contributed by atoms with Gasteiger partial charge in [-0.2, -0.15) is 0 Å². The molecule has 0 aromatic heterocycles. The average molecular weight is 116 g/mol. The summed E-state index contributed by atoms with van der Waals surface area (Å²) in [5.41, 5.74) is 0. The van der Waals surface area contributed by atoms with Crippen LogP contribution in [0.2, 0.25) is 0 Å². The normalized spacial score (nSPS) is 9.75. The highest BCUT2D eigenvalue weighted by molar-refractivity contribution is 5.81. The van der Waals surface area contributed by atoms with Crippen molar-refractivity contribution in [2.24, 2.45) is 0 Å². The zero-order chi connectivity index (χ0) is 6.41. The molecule has 1 N–H and O–H groups in total. The monoisotopic (exact) mass is 116 g/mol. The third-order valence-electron chi connectivity index (χ3n) is 0.561. The predicted octanol–water partition coefficient (Wildman–Crippen LogP) is -0.292. The molecule has 0 spiro atoms. The number of ether oxygens (including phenoxy) is 1. The Morgan fingerprint density at radius 1 is 1.88 bits per heavy atom. The predicted molar refractivity (Wildman–Crippen MR) is 28.2 cm³/mol. The van der Waals surface area contributed by atoms with Gasteiger partial charge in [-0.25, -0.2) is 4.79 Å². The molecule has 0 bridgehead atoms. The Bertz CT molecular complexity index is 95.8. The molecule has 0 heterocycles. The van der Waals surface area contributed by atoms with Crippen LogP contribution < -0.4 is 0 Å². The zero-order valence-corrected chi connectivity index (χ0v) is 4.63. The van der Waals surface area contributed by atoms with E-state index in [1.807, 2.05) is 0 Å². The van der Waals surface area contributed by atoms with E-state index in [9.17, 15) is 4.79 Å². The highest BCUT2D eigenvalue weighted by Gasteiger charge is 1.86. The van der Waals surface area contributed by atoms with Crippen molar-refractivity contribution >= 4 is 5.97 Å².